The van der Waals surface area contributed by atoms with Crippen molar-refractivity contribution in [3.63, 3.8) is 0 Å². The number of nitrogens with zero attached hydrogens (tertiary/aromatic N) is 1. The summed E-state index contributed by atoms with van der Waals surface area (Å²) in [6.07, 6.45) is 1.08. The van der Waals surface area contributed by atoms with Gasteiger partial charge in [0.25, 0.3) is 0 Å². The van der Waals surface area contributed by atoms with Crippen LogP contribution >= 0.6 is 0 Å². The number of hydrogen-bond donors (Lipinski definition) is 2. The van der Waals surface area contributed by atoms with E-state index in [1.54, 1.807) is 7.11 Å². The van der Waals surface area contributed by atoms with E-state index < -0.39 is 0 Å². The normalized spacial score (nSPS) is 15.4. The number of hydrogen-bond acceptors (Lipinski definition) is 4. The van der Waals surface area contributed by atoms with Gasteiger partial charge in [-0.2, -0.15) is 0 Å². The molecule has 2 N–H and O–H groups in total. The number of aliphatic hydroxyl groups is 1. The number of ether oxygens (including phenoxy) is 1. The molecule has 1 atom stereocenters. The zero-order valence-corrected chi connectivity index (χ0v) is 11.3. The van der Waals surface area contributed by atoms with E-state index in [-0.39, 0.29) is 12.1 Å². The van der Waals surface area contributed by atoms with Crippen LogP contribution in [0, 0.1) is 0 Å². The van der Waals surface area contributed by atoms with E-state index in [0.29, 0.717) is 0 Å². The van der Waals surface area contributed by atoms with Crippen LogP contribution in [0.1, 0.15) is 27.2 Å². The smallest absolute Gasteiger partial charge is 0.0623 e. The Morgan fingerprint density at radius 1 is 1.38 bits per heavy atom. The lowest BCUT2D eigenvalue weighted by atomic mass is 10.0. The number of aliphatic hydroxyl groups excluding tert-OH is 1. The topological polar surface area (TPSA) is 44.7 Å². The van der Waals surface area contributed by atoms with Gasteiger partial charge in [-0.3, -0.25) is 4.90 Å². The lowest BCUT2D eigenvalue weighted by molar-refractivity contribution is 0.0980. The van der Waals surface area contributed by atoms with Crippen LogP contribution in [0.2, 0.25) is 0 Å². The second kappa shape index (κ2) is 8.93. The molecule has 0 fully saturated rings. The maximum absolute atomic E-state index is 9.46. The van der Waals surface area contributed by atoms with Crippen molar-refractivity contribution < 1.29 is 9.84 Å². The first-order chi connectivity index (χ1) is 7.61. The van der Waals surface area contributed by atoms with E-state index >= 15 is 0 Å². The van der Waals surface area contributed by atoms with Gasteiger partial charge < -0.3 is 15.2 Å². The summed E-state index contributed by atoms with van der Waals surface area (Å²) in [6.45, 7) is 10.9. The van der Waals surface area contributed by atoms with Crippen molar-refractivity contribution >= 4 is 0 Å². The highest BCUT2D eigenvalue weighted by molar-refractivity contribution is 4.85. The Bertz CT molecular complexity index is 167. The molecule has 0 aromatic rings. The molecule has 0 radical (unpaired) electrons. The molecule has 0 saturated carbocycles. The van der Waals surface area contributed by atoms with Gasteiger partial charge >= 0.3 is 0 Å². The Morgan fingerprint density at radius 2 is 2.06 bits per heavy atom. The second-order valence-corrected chi connectivity index (χ2v) is 4.51. The molecule has 0 aromatic carbocycles. The van der Waals surface area contributed by atoms with Crippen molar-refractivity contribution in [1.29, 1.82) is 0 Å². The molecule has 0 saturated heterocycles. The fourth-order valence-electron chi connectivity index (χ4n) is 1.65. The third-order valence-corrected chi connectivity index (χ3v) is 2.78. The minimum atomic E-state index is -0.209. The van der Waals surface area contributed by atoms with Crippen LogP contribution in [0.4, 0.5) is 0 Å². The van der Waals surface area contributed by atoms with Crippen molar-refractivity contribution in [2.24, 2.45) is 0 Å². The molecule has 16 heavy (non-hydrogen) atoms. The Hall–Kier alpha value is -0.160. The Kier molecular flexibility index (Phi) is 8.84. The molecule has 0 aliphatic carbocycles. The average molecular weight is 232 g/mol. The zero-order valence-electron chi connectivity index (χ0n) is 11.3. The van der Waals surface area contributed by atoms with Crippen LogP contribution in [-0.2, 0) is 4.74 Å². The van der Waals surface area contributed by atoms with Crippen LogP contribution in [0.15, 0.2) is 0 Å². The standard InChI is InChI=1S/C12H28N2O2/c1-5-7-13-12(3,11-15)10-14(6-2)8-9-16-4/h13,15H,5-11H2,1-4H3. The summed E-state index contributed by atoms with van der Waals surface area (Å²) < 4.78 is 5.08. The Labute approximate surface area is 100.0 Å². The third-order valence-electron chi connectivity index (χ3n) is 2.78. The lowest BCUT2D eigenvalue weighted by Crippen LogP contribution is -2.54. The van der Waals surface area contributed by atoms with Gasteiger partial charge in [-0.25, -0.2) is 0 Å². The van der Waals surface area contributed by atoms with Crippen LogP contribution in [0.5, 0.6) is 0 Å². The molecule has 98 valence electrons. The largest absolute Gasteiger partial charge is 0.394 e. The first-order valence-corrected chi connectivity index (χ1v) is 6.19. The zero-order chi connectivity index (χ0) is 12.4. The molecule has 1 unspecified atom stereocenters. The van der Waals surface area contributed by atoms with Crippen LogP contribution < -0.4 is 5.32 Å². The van der Waals surface area contributed by atoms with Crippen molar-refractivity contribution in [2.75, 3.05) is 46.5 Å². The van der Waals surface area contributed by atoms with E-state index in [4.69, 9.17) is 4.74 Å². The maximum atomic E-state index is 9.46. The minimum Gasteiger partial charge on any atom is -0.394 e. The van der Waals surface area contributed by atoms with Crippen LogP contribution in [-0.4, -0.2) is 62.0 Å². The van der Waals surface area contributed by atoms with Crippen molar-refractivity contribution in [1.82, 2.24) is 10.2 Å². The predicted molar refractivity (Wildman–Crippen MR) is 67.8 cm³/mol. The highest BCUT2D eigenvalue weighted by atomic mass is 16.5. The molecule has 4 heteroatoms. The summed E-state index contributed by atoms with van der Waals surface area (Å²) in [5.41, 5.74) is -0.209. The summed E-state index contributed by atoms with van der Waals surface area (Å²) in [4.78, 5) is 2.29. The van der Waals surface area contributed by atoms with Crippen molar-refractivity contribution in [2.45, 2.75) is 32.7 Å². The Morgan fingerprint density at radius 3 is 2.50 bits per heavy atom. The first-order valence-electron chi connectivity index (χ1n) is 6.19. The number of likely N-dealkylation sites (N-methyl/N-ethyl adjacent to an activating group) is 1. The Balaban J connectivity index is 4.12. The van der Waals surface area contributed by atoms with Gasteiger partial charge in [0.2, 0.25) is 0 Å². The maximum Gasteiger partial charge on any atom is 0.0623 e. The number of nitrogens with one attached hydrogen (secondary N) is 1. The van der Waals surface area contributed by atoms with Crippen LogP contribution in [0.3, 0.4) is 0 Å². The van der Waals surface area contributed by atoms with Crippen LogP contribution in [0.25, 0.3) is 0 Å². The summed E-state index contributed by atoms with van der Waals surface area (Å²) in [5.74, 6) is 0. The molecule has 0 heterocycles. The van der Waals surface area contributed by atoms with Gasteiger partial charge in [-0.15, -0.1) is 0 Å². The van der Waals surface area contributed by atoms with Gasteiger partial charge in [0, 0.05) is 20.2 Å². The molecule has 0 amide bonds. The molecule has 0 spiro atoms. The first kappa shape index (κ1) is 15.8. The lowest BCUT2D eigenvalue weighted by Gasteiger charge is -2.34. The molecule has 0 aliphatic rings. The van der Waals surface area contributed by atoms with E-state index in [1.165, 1.54) is 0 Å². The molecular weight excluding hydrogens is 204 g/mol. The van der Waals surface area contributed by atoms with E-state index in [9.17, 15) is 5.11 Å². The fraction of sp³-hybridized carbons (Fsp3) is 1.00. The molecule has 0 aromatic heterocycles. The average Bonchev–Trinajstić information content (AvgIpc) is 2.32. The molecule has 0 rings (SSSR count). The molecular formula is C12H28N2O2. The summed E-state index contributed by atoms with van der Waals surface area (Å²) in [6, 6.07) is 0. The summed E-state index contributed by atoms with van der Waals surface area (Å²) >= 11 is 0. The monoisotopic (exact) mass is 232 g/mol. The van der Waals surface area contributed by atoms with Crippen molar-refractivity contribution in [3.8, 4) is 0 Å². The van der Waals surface area contributed by atoms with Gasteiger partial charge in [-0.05, 0) is 26.4 Å². The van der Waals surface area contributed by atoms with E-state index in [1.807, 2.05) is 0 Å². The minimum absolute atomic E-state index is 0.163. The molecule has 0 aliphatic heterocycles. The van der Waals surface area contributed by atoms with Crippen molar-refractivity contribution in [3.05, 3.63) is 0 Å². The van der Waals surface area contributed by atoms with E-state index in [0.717, 1.165) is 39.2 Å². The second-order valence-electron chi connectivity index (χ2n) is 4.51. The highest BCUT2D eigenvalue weighted by Crippen LogP contribution is 2.06. The van der Waals surface area contributed by atoms with E-state index in [2.05, 4.69) is 31.0 Å². The fourth-order valence-corrected chi connectivity index (χ4v) is 1.65. The SMILES string of the molecule is CCCNC(C)(CO)CN(CC)CCOC. The van der Waals surface area contributed by atoms with Gasteiger partial charge in [0.1, 0.15) is 0 Å². The quantitative estimate of drug-likeness (QED) is 0.582. The van der Waals surface area contributed by atoms with Gasteiger partial charge in [-0.1, -0.05) is 13.8 Å². The van der Waals surface area contributed by atoms with Gasteiger partial charge in [0.15, 0.2) is 0 Å². The molecule has 4 nitrogen and oxygen atoms in total. The predicted octanol–water partition coefficient (Wildman–Crippen LogP) is 0.705. The number of rotatable bonds is 10. The number of methoxy groups -OCH3 is 1. The summed E-state index contributed by atoms with van der Waals surface area (Å²) in [7, 11) is 1.72. The van der Waals surface area contributed by atoms with Gasteiger partial charge in [0.05, 0.1) is 18.8 Å². The summed E-state index contributed by atoms with van der Waals surface area (Å²) in [5, 5.41) is 12.9. The third kappa shape index (κ3) is 6.43. The molecule has 0 bridgehead atoms. The highest BCUT2D eigenvalue weighted by Gasteiger charge is 2.24.